The van der Waals surface area contributed by atoms with Crippen molar-refractivity contribution in [2.24, 2.45) is 5.41 Å². The van der Waals surface area contributed by atoms with E-state index in [9.17, 15) is 4.79 Å². The molecule has 2 saturated heterocycles. The summed E-state index contributed by atoms with van der Waals surface area (Å²) in [5.74, 6) is 0.593. The van der Waals surface area contributed by atoms with Crippen LogP contribution in [0.25, 0.3) is 0 Å². The zero-order valence-electron chi connectivity index (χ0n) is 19.0. The van der Waals surface area contributed by atoms with E-state index in [1.165, 1.54) is 0 Å². The van der Waals surface area contributed by atoms with Crippen LogP contribution in [-0.2, 0) is 18.9 Å². The summed E-state index contributed by atoms with van der Waals surface area (Å²) in [7, 11) is -0.416. The van der Waals surface area contributed by atoms with Gasteiger partial charge in [-0.1, -0.05) is 6.07 Å². The molecule has 7 nitrogen and oxygen atoms in total. The molecule has 0 aliphatic carbocycles. The molecule has 8 heteroatoms. The van der Waals surface area contributed by atoms with Crippen LogP contribution in [0.1, 0.15) is 60.6 Å². The quantitative estimate of drug-likeness (QED) is 0.775. The van der Waals surface area contributed by atoms with E-state index in [0.29, 0.717) is 13.1 Å². The fourth-order valence-corrected chi connectivity index (χ4v) is 3.26. The molecule has 160 valence electrons. The number of pyridine rings is 1. The van der Waals surface area contributed by atoms with E-state index in [-0.39, 0.29) is 23.2 Å². The molecule has 3 heterocycles. The molecule has 2 aliphatic heterocycles. The summed E-state index contributed by atoms with van der Waals surface area (Å²) in [5.41, 5.74) is 0.564. The Labute approximate surface area is 174 Å². The Morgan fingerprint density at radius 2 is 1.86 bits per heavy atom. The van der Waals surface area contributed by atoms with Gasteiger partial charge in [-0.3, -0.25) is 0 Å². The first kappa shape index (κ1) is 22.1. The van der Waals surface area contributed by atoms with Gasteiger partial charge in [-0.2, -0.15) is 0 Å². The summed E-state index contributed by atoms with van der Waals surface area (Å²) in [5, 5.41) is 5.18. The topological polar surface area (TPSA) is 72.9 Å². The lowest BCUT2D eigenvalue weighted by molar-refractivity contribution is -0.195. The summed E-state index contributed by atoms with van der Waals surface area (Å²) in [6, 6.07) is 4.15. The Morgan fingerprint density at radius 1 is 1.24 bits per heavy atom. The summed E-state index contributed by atoms with van der Waals surface area (Å²) in [6.07, 6.45) is 0.886. The Bertz CT molecular complexity index is 760. The molecule has 3 rings (SSSR count). The first-order valence-electron chi connectivity index (χ1n) is 10.4. The van der Waals surface area contributed by atoms with Crippen LogP contribution in [0.3, 0.4) is 0 Å². The van der Waals surface area contributed by atoms with Gasteiger partial charge in [0.05, 0.1) is 23.2 Å². The summed E-state index contributed by atoms with van der Waals surface area (Å²) in [6.45, 7) is 17.1. The SMILES string of the molecule is Cc1nc(N[C@H]2CCN(OC(=O)C(C)(C)C)C2)ccc1B1OC(C)(C)C(C)(C)O1. The Kier molecular flexibility index (Phi) is 5.75. The van der Waals surface area contributed by atoms with Crippen LogP contribution in [-0.4, -0.2) is 53.5 Å². The van der Waals surface area contributed by atoms with Gasteiger partial charge in [-0.25, -0.2) is 9.78 Å². The molecule has 1 atom stereocenters. The fraction of sp³-hybridized carbons (Fsp3) is 0.714. The van der Waals surface area contributed by atoms with Gasteiger partial charge in [-0.05, 0) is 67.9 Å². The minimum atomic E-state index is -0.506. The average Bonchev–Trinajstić information content (AvgIpc) is 3.08. The maximum Gasteiger partial charge on any atom is 0.496 e. The van der Waals surface area contributed by atoms with E-state index in [2.05, 4.69) is 5.32 Å². The standard InChI is InChI=1S/C21H34BN3O4/c1-14-16(22-28-20(5,6)21(7,8)29-22)9-10-17(23-14)24-15-11-12-25(13-15)27-18(26)19(2,3)4/h9-10,15H,11-13H2,1-8H3,(H,23,24)/t15-/m0/s1. The molecule has 0 spiro atoms. The van der Waals surface area contributed by atoms with Crippen LogP contribution in [0.4, 0.5) is 5.82 Å². The van der Waals surface area contributed by atoms with Crippen LogP contribution in [0.2, 0.25) is 0 Å². The molecule has 2 aliphatic rings. The van der Waals surface area contributed by atoms with E-state index in [0.717, 1.165) is 23.4 Å². The zero-order chi connectivity index (χ0) is 21.6. The van der Waals surface area contributed by atoms with Crippen molar-refractivity contribution in [3.05, 3.63) is 17.8 Å². The number of nitrogens with zero attached hydrogens (tertiary/aromatic N) is 2. The first-order valence-corrected chi connectivity index (χ1v) is 10.4. The lowest BCUT2D eigenvalue weighted by atomic mass is 9.78. The number of carbonyl (C=O) groups is 1. The molecule has 0 saturated carbocycles. The summed E-state index contributed by atoms with van der Waals surface area (Å²) in [4.78, 5) is 22.3. The minimum Gasteiger partial charge on any atom is -0.399 e. The van der Waals surface area contributed by atoms with Crippen molar-refractivity contribution in [2.75, 3.05) is 18.4 Å². The molecule has 2 fully saturated rings. The molecular weight excluding hydrogens is 369 g/mol. The summed E-state index contributed by atoms with van der Waals surface area (Å²) < 4.78 is 12.3. The van der Waals surface area contributed by atoms with Crippen molar-refractivity contribution in [1.29, 1.82) is 0 Å². The maximum absolute atomic E-state index is 12.1. The fourth-order valence-electron chi connectivity index (χ4n) is 3.26. The third kappa shape index (κ3) is 4.76. The molecule has 0 aromatic carbocycles. The molecule has 1 aromatic rings. The third-order valence-electron chi connectivity index (χ3n) is 5.96. The Hall–Kier alpha value is -1.64. The van der Waals surface area contributed by atoms with Crippen molar-refractivity contribution < 1.29 is 18.9 Å². The second-order valence-corrected chi connectivity index (χ2v) is 10.1. The number of carbonyl (C=O) groups excluding carboxylic acids is 1. The molecule has 1 N–H and O–H groups in total. The predicted octanol–water partition coefficient (Wildman–Crippen LogP) is 2.68. The van der Waals surface area contributed by atoms with E-state index >= 15 is 0 Å². The van der Waals surface area contributed by atoms with Gasteiger partial charge in [0.15, 0.2) is 0 Å². The molecular formula is C21H34BN3O4. The largest absolute Gasteiger partial charge is 0.496 e. The normalized spacial score (nSPS) is 24.0. The van der Waals surface area contributed by atoms with E-state index < -0.39 is 12.5 Å². The highest BCUT2D eigenvalue weighted by Crippen LogP contribution is 2.36. The van der Waals surface area contributed by atoms with Crippen molar-refractivity contribution in [2.45, 2.75) is 79.1 Å². The lowest BCUT2D eigenvalue weighted by Gasteiger charge is -2.32. The van der Waals surface area contributed by atoms with Crippen LogP contribution in [0.5, 0.6) is 0 Å². The number of nitrogens with one attached hydrogen (secondary N) is 1. The van der Waals surface area contributed by atoms with Gasteiger partial charge < -0.3 is 19.5 Å². The molecule has 0 bridgehead atoms. The number of anilines is 1. The number of aryl methyl sites for hydroxylation is 1. The minimum absolute atomic E-state index is 0.178. The number of hydroxylamine groups is 2. The van der Waals surface area contributed by atoms with Crippen molar-refractivity contribution >= 4 is 24.4 Å². The third-order valence-corrected chi connectivity index (χ3v) is 5.96. The van der Waals surface area contributed by atoms with Gasteiger partial charge in [0, 0.05) is 23.7 Å². The molecule has 0 radical (unpaired) electrons. The van der Waals surface area contributed by atoms with Crippen molar-refractivity contribution in [1.82, 2.24) is 10.0 Å². The van der Waals surface area contributed by atoms with Gasteiger partial charge in [0.1, 0.15) is 5.82 Å². The number of aromatic nitrogens is 1. The van der Waals surface area contributed by atoms with E-state index in [1.54, 1.807) is 5.06 Å². The van der Waals surface area contributed by atoms with Crippen LogP contribution >= 0.6 is 0 Å². The zero-order valence-corrected chi connectivity index (χ0v) is 19.0. The van der Waals surface area contributed by atoms with Gasteiger partial charge in [0.25, 0.3) is 0 Å². The molecule has 0 unspecified atom stereocenters. The maximum atomic E-state index is 12.1. The van der Waals surface area contributed by atoms with Crippen molar-refractivity contribution in [3.8, 4) is 0 Å². The predicted molar refractivity (Wildman–Crippen MR) is 114 cm³/mol. The van der Waals surface area contributed by atoms with Gasteiger partial charge in [-0.15, -0.1) is 5.06 Å². The second-order valence-electron chi connectivity index (χ2n) is 10.1. The average molecular weight is 403 g/mol. The van der Waals surface area contributed by atoms with Crippen molar-refractivity contribution in [3.63, 3.8) is 0 Å². The van der Waals surface area contributed by atoms with Crippen LogP contribution in [0, 0.1) is 12.3 Å². The Balaban J connectivity index is 1.60. The number of hydrogen-bond donors (Lipinski definition) is 1. The van der Waals surface area contributed by atoms with Gasteiger partial charge >= 0.3 is 13.1 Å². The first-order chi connectivity index (χ1) is 13.3. The number of rotatable bonds is 4. The van der Waals surface area contributed by atoms with Crippen LogP contribution < -0.4 is 10.8 Å². The monoisotopic (exact) mass is 403 g/mol. The van der Waals surface area contributed by atoms with E-state index in [1.807, 2.05) is 67.5 Å². The smallest absolute Gasteiger partial charge is 0.399 e. The highest BCUT2D eigenvalue weighted by molar-refractivity contribution is 6.62. The highest BCUT2D eigenvalue weighted by Gasteiger charge is 2.52. The van der Waals surface area contributed by atoms with E-state index in [4.69, 9.17) is 19.1 Å². The molecule has 1 aromatic heterocycles. The lowest BCUT2D eigenvalue weighted by Crippen LogP contribution is -2.41. The van der Waals surface area contributed by atoms with Crippen LogP contribution in [0.15, 0.2) is 12.1 Å². The molecule has 29 heavy (non-hydrogen) atoms. The highest BCUT2D eigenvalue weighted by atomic mass is 16.7. The molecule has 0 amide bonds. The van der Waals surface area contributed by atoms with Gasteiger partial charge in [0.2, 0.25) is 0 Å². The number of hydrogen-bond acceptors (Lipinski definition) is 7. The second kappa shape index (κ2) is 7.56. The Morgan fingerprint density at radius 3 is 2.41 bits per heavy atom. The summed E-state index contributed by atoms with van der Waals surface area (Å²) >= 11 is 0.